The number of aromatic nitrogens is 2. The molecule has 1 aliphatic rings. The molecule has 10 heteroatoms. The Balaban J connectivity index is 1.35. The van der Waals surface area contributed by atoms with Crippen LogP contribution in [0.25, 0.3) is 21.1 Å². The third-order valence-electron chi connectivity index (χ3n) is 4.58. The molecule has 3 heterocycles. The number of benzene rings is 2. The Hall–Kier alpha value is -3.66. The number of nitro benzene ring substituents is 1. The second kappa shape index (κ2) is 6.74. The second-order valence-corrected chi connectivity index (χ2v) is 7.51. The topological polar surface area (TPSA) is 109 Å². The van der Waals surface area contributed by atoms with Crippen molar-refractivity contribution in [2.24, 2.45) is 0 Å². The van der Waals surface area contributed by atoms with Crippen molar-refractivity contribution >= 4 is 49.2 Å². The molecular weight excluding hydrogens is 396 g/mol. The molecule has 5 rings (SSSR count). The molecule has 4 aromatic rings. The third kappa shape index (κ3) is 3.23. The smallest absolute Gasteiger partial charge is 0.270 e. The summed E-state index contributed by atoms with van der Waals surface area (Å²) in [6.07, 6.45) is 1.73. The number of nitrogens with one attached hydrogen (secondary N) is 1. The van der Waals surface area contributed by atoms with Gasteiger partial charge in [-0.15, -0.1) is 0 Å². The molecule has 146 valence electrons. The van der Waals surface area contributed by atoms with Crippen LogP contribution in [0.1, 0.15) is 0 Å². The summed E-state index contributed by atoms with van der Waals surface area (Å²) in [6, 6.07) is 9.98. The van der Waals surface area contributed by atoms with Gasteiger partial charge >= 0.3 is 0 Å². The first-order valence-electron chi connectivity index (χ1n) is 8.80. The van der Waals surface area contributed by atoms with Gasteiger partial charge in [0.05, 0.1) is 15.1 Å². The predicted octanol–water partition coefficient (Wildman–Crippen LogP) is 3.57. The number of nitrogens with zero attached hydrogens (tertiary/aromatic N) is 3. The monoisotopic (exact) mass is 410 g/mol. The maximum Gasteiger partial charge on any atom is 0.270 e. The van der Waals surface area contributed by atoms with E-state index in [0.717, 1.165) is 15.7 Å². The van der Waals surface area contributed by atoms with Crippen molar-refractivity contribution in [1.29, 1.82) is 0 Å². The van der Waals surface area contributed by atoms with Crippen molar-refractivity contribution in [2.45, 2.75) is 6.54 Å². The van der Waals surface area contributed by atoms with E-state index in [-0.39, 0.29) is 18.1 Å². The summed E-state index contributed by atoms with van der Waals surface area (Å²) >= 11 is 1.36. The van der Waals surface area contributed by atoms with Gasteiger partial charge in [0, 0.05) is 41.4 Å². The van der Waals surface area contributed by atoms with E-state index in [2.05, 4.69) is 10.3 Å². The summed E-state index contributed by atoms with van der Waals surface area (Å²) < 4.78 is 13.8. The lowest BCUT2D eigenvalue weighted by Gasteiger charge is -2.17. The van der Waals surface area contributed by atoms with Crippen molar-refractivity contribution in [3.8, 4) is 11.5 Å². The molecule has 0 spiro atoms. The third-order valence-corrected chi connectivity index (χ3v) is 5.51. The zero-order valence-electron chi connectivity index (χ0n) is 15.0. The average molecular weight is 410 g/mol. The summed E-state index contributed by atoms with van der Waals surface area (Å²) in [5, 5.41) is 14.9. The van der Waals surface area contributed by atoms with Gasteiger partial charge in [-0.3, -0.25) is 14.9 Å². The van der Waals surface area contributed by atoms with Gasteiger partial charge in [-0.25, -0.2) is 4.98 Å². The van der Waals surface area contributed by atoms with Crippen LogP contribution >= 0.6 is 11.3 Å². The molecular formula is C19H14N4O5S. The van der Waals surface area contributed by atoms with Crippen LogP contribution in [-0.4, -0.2) is 33.6 Å². The lowest BCUT2D eigenvalue weighted by Crippen LogP contribution is -2.18. The maximum atomic E-state index is 12.5. The van der Waals surface area contributed by atoms with E-state index in [9.17, 15) is 14.9 Å². The number of anilines is 1. The van der Waals surface area contributed by atoms with Gasteiger partial charge in [0.15, 0.2) is 16.6 Å². The molecule has 0 atom stereocenters. The number of non-ortho nitro benzene ring substituents is 1. The van der Waals surface area contributed by atoms with E-state index in [1.54, 1.807) is 22.9 Å². The first-order valence-corrected chi connectivity index (χ1v) is 9.62. The van der Waals surface area contributed by atoms with Crippen molar-refractivity contribution in [3.63, 3.8) is 0 Å². The molecule has 1 N–H and O–H groups in total. The Morgan fingerprint density at radius 1 is 1.21 bits per heavy atom. The van der Waals surface area contributed by atoms with Gasteiger partial charge in [0.1, 0.15) is 19.8 Å². The average Bonchev–Trinajstić information content (AvgIpc) is 3.28. The molecule has 0 saturated carbocycles. The van der Waals surface area contributed by atoms with Crippen LogP contribution in [0.15, 0.2) is 42.6 Å². The fraction of sp³-hybridized carbons (Fsp3) is 0.158. The standard InChI is InChI=1S/C19H14N4O5S/c24-18(10-22-4-3-11-7-12(23(25)26)1-2-14(11)22)21-19-20-13-8-15-16(9-17(13)29-19)28-6-5-27-15/h1-4,7-9H,5-6,10H2,(H,20,21,24). The molecule has 2 aromatic heterocycles. The first-order chi connectivity index (χ1) is 14.1. The van der Waals surface area contributed by atoms with Crippen molar-refractivity contribution in [2.75, 3.05) is 18.5 Å². The van der Waals surface area contributed by atoms with Gasteiger partial charge < -0.3 is 19.4 Å². The van der Waals surface area contributed by atoms with Crippen LogP contribution in [-0.2, 0) is 11.3 Å². The van der Waals surface area contributed by atoms with Crippen molar-refractivity contribution in [1.82, 2.24) is 9.55 Å². The Kier molecular flexibility index (Phi) is 4.06. The zero-order valence-corrected chi connectivity index (χ0v) is 15.8. The van der Waals surface area contributed by atoms with Gasteiger partial charge in [-0.05, 0) is 12.1 Å². The Bertz CT molecular complexity index is 1240. The van der Waals surface area contributed by atoms with Crippen molar-refractivity contribution in [3.05, 3.63) is 52.7 Å². The number of hydrogen-bond acceptors (Lipinski definition) is 7. The number of fused-ring (bicyclic) bond motifs is 3. The molecule has 1 aliphatic heterocycles. The summed E-state index contributed by atoms with van der Waals surface area (Å²) in [6.45, 7) is 1.08. The number of hydrogen-bond donors (Lipinski definition) is 1. The molecule has 9 nitrogen and oxygen atoms in total. The number of nitro groups is 1. The molecule has 0 bridgehead atoms. The Morgan fingerprint density at radius 2 is 2.00 bits per heavy atom. The number of thiazole rings is 1. The Morgan fingerprint density at radius 3 is 2.79 bits per heavy atom. The van der Waals surface area contributed by atoms with E-state index >= 15 is 0 Å². The lowest BCUT2D eigenvalue weighted by molar-refractivity contribution is -0.384. The zero-order chi connectivity index (χ0) is 20.0. The minimum atomic E-state index is -0.440. The molecule has 0 saturated heterocycles. The predicted molar refractivity (Wildman–Crippen MR) is 108 cm³/mol. The molecule has 0 fully saturated rings. The summed E-state index contributed by atoms with van der Waals surface area (Å²) in [5.41, 5.74) is 1.50. The van der Waals surface area contributed by atoms with Crippen LogP contribution in [0.4, 0.5) is 10.8 Å². The quantitative estimate of drug-likeness (QED) is 0.407. The van der Waals surface area contributed by atoms with E-state index in [1.165, 1.54) is 23.5 Å². The SMILES string of the molecule is O=C(Cn1ccc2cc([N+](=O)[O-])ccc21)Nc1nc2cc3c(cc2s1)OCCO3. The van der Waals surface area contributed by atoms with Crippen molar-refractivity contribution < 1.29 is 19.2 Å². The van der Waals surface area contributed by atoms with E-state index in [0.29, 0.717) is 35.2 Å². The Labute approximate surface area is 167 Å². The van der Waals surface area contributed by atoms with E-state index < -0.39 is 4.92 Å². The first kappa shape index (κ1) is 17.4. The molecule has 1 amide bonds. The number of rotatable bonds is 4. The largest absolute Gasteiger partial charge is 0.486 e. The van der Waals surface area contributed by atoms with Crippen LogP contribution in [0, 0.1) is 10.1 Å². The highest BCUT2D eigenvalue weighted by molar-refractivity contribution is 7.22. The minimum absolute atomic E-state index is 0.0184. The highest BCUT2D eigenvalue weighted by Gasteiger charge is 2.16. The molecule has 2 aromatic carbocycles. The van der Waals surface area contributed by atoms with E-state index in [1.807, 2.05) is 12.1 Å². The van der Waals surface area contributed by atoms with Crippen LogP contribution in [0.3, 0.4) is 0 Å². The molecule has 29 heavy (non-hydrogen) atoms. The number of amides is 1. The van der Waals surface area contributed by atoms with Crippen LogP contribution < -0.4 is 14.8 Å². The fourth-order valence-electron chi connectivity index (χ4n) is 3.27. The molecule has 0 radical (unpaired) electrons. The van der Waals surface area contributed by atoms with Gasteiger partial charge in [0.2, 0.25) is 5.91 Å². The maximum absolute atomic E-state index is 12.5. The normalized spacial score (nSPS) is 13.0. The number of carbonyl (C=O) groups excluding carboxylic acids is 1. The molecule has 0 unspecified atom stereocenters. The van der Waals surface area contributed by atoms with Gasteiger partial charge in [0.25, 0.3) is 5.69 Å². The van der Waals surface area contributed by atoms with Gasteiger partial charge in [-0.1, -0.05) is 11.3 Å². The summed E-state index contributed by atoms with van der Waals surface area (Å²) in [4.78, 5) is 27.4. The number of ether oxygens (including phenoxy) is 2. The van der Waals surface area contributed by atoms with Gasteiger partial charge in [-0.2, -0.15) is 0 Å². The fourth-order valence-corrected chi connectivity index (χ4v) is 4.16. The number of carbonyl (C=O) groups is 1. The van der Waals surface area contributed by atoms with E-state index in [4.69, 9.17) is 9.47 Å². The minimum Gasteiger partial charge on any atom is -0.486 e. The van der Waals surface area contributed by atoms with Crippen LogP contribution in [0.5, 0.6) is 11.5 Å². The van der Waals surface area contributed by atoms with Crippen LogP contribution in [0.2, 0.25) is 0 Å². The second-order valence-electron chi connectivity index (χ2n) is 6.47. The lowest BCUT2D eigenvalue weighted by atomic mass is 10.2. The highest BCUT2D eigenvalue weighted by Crippen LogP contribution is 2.37. The molecule has 0 aliphatic carbocycles. The summed E-state index contributed by atoms with van der Waals surface area (Å²) in [5.74, 6) is 1.09. The highest BCUT2D eigenvalue weighted by atomic mass is 32.1. The summed E-state index contributed by atoms with van der Waals surface area (Å²) in [7, 11) is 0.